The van der Waals surface area contributed by atoms with Crippen molar-refractivity contribution in [2.45, 2.75) is 27.2 Å². The molecule has 0 radical (unpaired) electrons. The number of aryl methyl sites for hydroxylation is 1. The molecule has 0 fully saturated rings. The van der Waals surface area contributed by atoms with Crippen LogP contribution >= 0.6 is 15.9 Å². The van der Waals surface area contributed by atoms with Crippen molar-refractivity contribution in [1.29, 1.82) is 0 Å². The molecule has 3 heterocycles. The van der Waals surface area contributed by atoms with E-state index < -0.39 is 0 Å². The van der Waals surface area contributed by atoms with Crippen LogP contribution in [0, 0.1) is 6.92 Å². The third-order valence-corrected chi connectivity index (χ3v) is 5.95. The minimum absolute atomic E-state index is 0.539. The fourth-order valence-corrected chi connectivity index (χ4v) is 3.88. The van der Waals surface area contributed by atoms with Crippen LogP contribution in [0.5, 0.6) is 0 Å². The van der Waals surface area contributed by atoms with Crippen molar-refractivity contribution >= 4 is 38.3 Å². The average Bonchev–Trinajstić information content (AvgIpc) is 3.30. The van der Waals surface area contributed by atoms with E-state index in [9.17, 15) is 0 Å². The van der Waals surface area contributed by atoms with Crippen LogP contribution in [0.1, 0.15) is 30.7 Å². The summed E-state index contributed by atoms with van der Waals surface area (Å²) in [5.74, 6) is 0.539. The summed E-state index contributed by atoms with van der Waals surface area (Å²) in [6.07, 6.45) is 4.34. The van der Waals surface area contributed by atoms with Crippen LogP contribution in [0.4, 0.5) is 5.82 Å². The monoisotopic (exact) mass is 505 g/mol. The highest BCUT2D eigenvalue weighted by atomic mass is 79.9. The van der Waals surface area contributed by atoms with Crippen LogP contribution in [-0.4, -0.2) is 31.8 Å². The molecular formula is C26H28BrN5O. The summed E-state index contributed by atoms with van der Waals surface area (Å²) in [6.45, 7) is 6.08. The Morgan fingerprint density at radius 2 is 1.70 bits per heavy atom. The van der Waals surface area contributed by atoms with Gasteiger partial charge in [0.05, 0.1) is 21.9 Å². The van der Waals surface area contributed by atoms with Crippen LogP contribution in [0.2, 0.25) is 0 Å². The fraction of sp³-hybridized carbons (Fsp3) is 0.192. The first-order valence-corrected chi connectivity index (χ1v) is 11.6. The van der Waals surface area contributed by atoms with Gasteiger partial charge in [0.1, 0.15) is 5.82 Å². The van der Waals surface area contributed by atoms with Crippen LogP contribution in [0.15, 0.2) is 71.5 Å². The molecule has 0 saturated heterocycles. The maximum absolute atomic E-state index is 7.00. The highest BCUT2D eigenvalue weighted by Gasteiger charge is 2.17. The van der Waals surface area contributed by atoms with E-state index in [4.69, 9.17) is 15.8 Å². The van der Waals surface area contributed by atoms with E-state index in [2.05, 4.69) is 69.3 Å². The molecule has 3 N–H and O–H groups in total. The van der Waals surface area contributed by atoms with Gasteiger partial charge in [-0.15, -0.1) is 0 Å². The molecule has 0 aliphatic heterocycles. The molecule has 0 spiro atoms. The number of hydrogen-bond donors (Lipinski definition) is 2. The van der Waals surface area contributed by atoms with E-state index in [1.165, 1.54) is 11.1 Å². The van der Waals surface area contributed by atoms with Gasteiger partial charge in [0.15, 0.2) is 5.65 Å². The Morgan fingerprint density at radius 3 is 2.42 bits per heavy atom. The largest absolute Gasteiger partial charge is 0.400 e. The molecule has 5 rings (SSSR count). The number of para-hydroxylation sites is 1. The first kappa shape index (κ1) is 24.4. The average molecular weight is 506 g/mol. The lowest BCUT2D eigenvalue weighted by Gasteiger charge is -2.10. The number of hydrogen-bond acceptors (Lipinski definition) is 5. The quantitative estimate of drug-likeness (QED) is 0.322. The van der Waals surface area contributed by atoms with E-state index in [1.54, 1.807) is 10.7 Å². The molecule has 0 saturated carbocycles. The summed E-state index contributed by atoms with van der Waals surface area (Å²) in [6, 6.07) is 18.6. The molecule has 0 bridgehead atoms. The van der Waals surface area contributed by atoms with Crippen LogP contribution in [0.3, 0.4) is 0 Å². The van der Waals surface area contributed by atoms with Crippen LogP contribution in [-0.2, 0) is 6.42 Å². The zero-order valence-electron chi connectivity index (χ0n) is 19.2. The Balaban J connectivity index is 0.000000728. The number of benzene rings is 2. The second-order valence-corrected chi connectivity index (χ2v) is 7.92. The summed E-state index contributed by atoms with van der Waals surface area (Å²) in [5, 5.41) is 12.5. The zero-order chi connectivity index (χ0) is 24.0. The van der Waals surface area contributed by atoms with Gasteiger partial charge in [0, 0.05) is 36.2 Å². The molecule has 0 atom stereocenters. The number of halogens is 1. The summed E-state index contributed by atoms with van der Waals surface area (Å²) in [5.41, 5.74) is 13.2. The normalized spacial score (nSPS) is 10.4. The highest BCUT2D eigenvalue weighted by molar-refractivity contribution is 9.10. The molecule has 3 aromatic heterocycles. The molecule has 5 aromatic rings. The first-order chi connectivity index (χ1) is 16.1. The first-order valence-electron chi connectivity index (χ1n) is 10.8. The molecule has 0 aliphatic rings. The second kappa shape index (κ2) is 11.0. The highest BCUT2D eigenvalue weighted by Crippen LogP contribution is 2.31. The van der Waals surface area contributed by atoms with Gasteiger partial charge in [-0.05, 0) is 40.5 Å². The third kappa shape index (κ3) is 5.05. The van der Waals surface area contributed by atoms with Crippen molar-refractivity contribution in [2.24, 2.45) is 0 Å². The molecule has 33 heavy (non-hydrogen) atoms. The SMILES string of the molecule is CC.CO.Cc1ccc(Cc2nc3c(-c4cnc5ccccc5c4)cnn3c(N)c2Br)cc1. The summed E-state index contributed by atoms with van der Waals surface area (Å²) in [7, 11) is 1.00. The van der Waals surface area contributed by atoms with Crippen molar-refractivity contribution in [3.8, 4) is 11.1 Å². The van der Waals surface area contributed by atoms with Crippen molar-refractivity contribution in [2.75, 3.05) is 12.8 Å². The molecule has 7 heteroatoms. The van der Waals surface area contributed by atoms with Gasteiger partial charge < -0.3 is 10.8 Å². The standard InChI is InChI=1S/C23H18BrN5.C2H6.CH4O/c1-14-6-8-15(9-7-14)10-20-21(24)22(25)29-23(28-20)18(13-27-29)17-11-16-4-2-3-5-19(16)26-12-17;2*1-2/h2-9,11-13H,10,25H2,1H3;1-2H3;2H,1H3. The number of aliphatic hydroxyl groups excluding tert-OH is 1. The van der Waals surface area contributed by atoms with Crippen LogP contribution < -0.4 is 5.73 Å². The Bertz CT molecular complexity index is 1360. The van der Waals surface area contributed by atoms with Crippen LogP contribution in [0.25, 0.3) is 27.7 Å². The topological polar surface area (TPSA) is 89.3 Å². The fourth-order valence-electron chi connectivity index (χ4n) is 3.48. The Morgan fingerprint density at radius 1 is 1.00 bits per heavy atom. The van der Waals surface area contributed by atoms with Gasteiger partial charge in [0.25, 0.3) is 0 Å². The second-order valence-electron chi connectivity index (χ2n) is 7.13. The summed E-state index contributed by atoms with van der Waals surface area (Å²) in [4.78, 5) is 9.49. The Hall–Kier alpha value is -3.29. The maximum atomic E-state index is 7.00. The number of aliphatic hydroxyl groups is 1. The zero-order valence-corrected chi connectivity index (χ0v) is 20.8. The lowest BCUT2D eigenvalue weighted by molar-refractivity contribution is 0.399. The molecular weight excluding hydrogens is 478 g/mol. The summed E-state index contributed by atoms with van der Waals surface area (Å²) >= 11 is 3.61. The van der Waals surface area contributed by atoms with E-state index in [0.29, 0.717) is 12.2 Å². The van der Waals surface area contributed by atoms with Crippen molar-refractivity contribution < 1.29 is 5.11 Å². The molecule has 2 aromatic carbocycles. The predicted molar refractivity (Wildman–Crippen MR) is 139 cm³/mol. The smallest absolute Gasteiger partial charge is 0.165 e. The Labute approximate surface area is 202 Å². The van der Waals surface area contributed by atoms with Gasteiger partial charge in [-0.25, -0.2) is 4.98 Å². The number of pyridine rings is 1. The maximum Gasteiger partial charge on any atom is 0.165 e. The number of nitrogens with zero attached hydrogens (tertiary/aromatic N) is 4. The van der Waals surface area contributed by atoms with Crippen molar-refractivity contribution in [1.82, 2.24) is 19.6 Å². The number of aromatic nitrogens is 4. The number of anilines is 1. The van der Waals surface area contributed by atoms with Crippen molar-refractivity contribution in [3.05, 3.63) is 88.3 Å². The Kier molecular flexibility index (Phi) is 8.14. The van der Waals surface area contributed by atoms with E-state index >= 15 is 0 Å². The van der Waals surface area contributed by atoms with Gasteiger partial charge in [0.2, 0.25) is 0 Å². The van der Waals surface area contributed by atoms with E-state index in [-0.39, 0.29) is 0 Å². The summed E-state index contributed by atoms with van der Waals surface area (Å²) < 4.78 is 2.45. The van der Waals surface area contributed by atoms with Gasteiger partial charge >= 0.3 is 0 Å². The van der Waals surface area contributed by atoms with Gasteiger partial charge in [-0.3, -0.25) is 4.98 Å². The predicted octanol–water partition coefficient (Wildman–Crippen LogP) is 5.82. The molecule has 0 aliphatic carbocycles. The van der Waals surface area contributed by atoms with E-state index in [1.807, 2.05) is 38.2 Å². The number of nitrogens with two attached hydrogens (primary N) is 1. The minimum Gasteiger partial charge on any atom is -0.400 e. The molecule has 0 unspecified atom stereocenters. The minimum atomic E-state index is 0.539. The van der Waals surface area contributed by atoms with Gasteiger partial charge in [-0.1, -0.05) is 61.9 Å². The lowest BCUT2D eigenvalue weighted by Crippen LogP contribution is -2.06. The number of rotatable bonds is 3. The van der Waals surface area contributed by atoms with E-state index in [0.717, 1.165) is 45.0 Å². The number of nitrogen functional groups attached to an aromatic ring is 1. The molecule has 6 nitrogen and oxygen atoms in total. The number of fused-ring (bicyclic) bond motifs is 2. The third-order valence-electron chi connectivity index (χ3n) is 5.08. The molecule has 0 amide bonds. The lowest BCUT2D eigenvalue weighted by atomic mass is 10.1. The van der Waals surface area contributed by atoms with Gasteiger partial charge in [-0.2, -0.15) is 9.61 Å². The molecule has 170 valence electrons. The van der Waals surface area contributed by atoms with Crippen molar-refractivity contribution in [3.63, 3.8) is 0 Å².